The molecule has 0 aromatic heterocycles. The van der Waals surface area contributed by atoms with Gasteiger partial charge in [0.25, 0.3) is 0 Å². The van der Waals surface area contributed by atoms with Gasteiger partial charge in [-0.1, -0.05) is 0 Å². The summed E-state index contributed by atoms with van der Waals surface area (Å²) in [7, 11) is 1.66. The third-order valence-corrected chi connectivity index (χ3v) is 3.44. The maximum atomic E-state index is 7.93. The van der Waals surface area contributed by atoms with Crippen molar-refractivity contribution in [1.82, 2.24) is 0 Å². The first-order chi connectivity index (χ1) is 7.72. The molecule has 1 aromatic carbocycles. The van der Waals surface area contributed by atoms with E-state index in [1.807, 2.05) is 18.2 Å². The second-order valence-corrected chi connectivity index (χ2v) is 4.73. The van der Waals surface area contributed by atoms with Crippen molar-refractivity contribution in [3.05, 3.63) is 22.7 Å². The molecule has 1 fully saturated rings. The number of anilines is 1. The van der Waals surface area contributed by atoms with Gasteiger partial charge in [0.1, 0.15) is 11.6 Å². The first kappa shape index (κ1) is 11.5. The lowest BCUT2D eigenvalue weighted by molar-refractivity contribution is 0.412. The molecule has 16 heavy (non-hydrogen) atoms. The van der Waals surface area contributed by atoms with Crippen molar-refractivity contribution >= 4 is 27.5 Å². The molecule has 0 unspecified atom stereocenters. The summed E-state index contributed by atoms with van der Waals surface area (Å²) in [6.45, 7) is 0.942. The lowest BCUT2D eigenvalue weighted by Crippen LogP contribution is -2.34. The molecule has 0 radical (unpaired) electrons. The first-order valence-corrected chi connectivity index (χ1v) is 6.20. The van der Waals surface area contributed by atoms with Crippen LogP contribution in [0.1, 0.15) is 19.3 Å². The Morgan fingerprint density at radius 3 is 2.81 bits per heavy atom. The van der Waals surface area contributed by atoms with E-state index in [1.165, 1.54) is 0 Å². The number of hydrogen-bond acceptors (Lipinski definition) is 2. The fraction of sp³-hybridized carbons (Fsp3) is 0.417. The lowest BCUT2D eigenvalue weighted by atomic mass is 10.1. The molecular formula is C12H15BrN2O. The van der Waals surface area contributed by atoms with Gasteiger partial charge < -0.3 is 9.64 Å². The van der Waals surface area contributed by atoms with Crippen molar-refractivity contribution in [2.45, 2.75) is 19.3 Å². The molecule has 1 N–H and O–H groups in total. The Hall–Kier alpha value is -1.03. The zero-order valence-electron chi connectivity index (χ0n) is 9.29. The first-order valence-electron chi connectivity index (χ1n) is 5.41. The maximum absolute atomic E-state index is 7.93. The van der Waals surface area contributed by atoms with Gasteiger partial charge in [0, 0.05) is 18.7 Å². The van der Waals surface area contributed by atoms with Crippen molar-refractivity contribution in [1.29, 1.82) is 5.41 Å². The molecule has 0 amide bonds. The van der Waals surface area contributed by atoms with Crippen LogP contribution in [-0.4, -0.2) is 19.5 Å². The van der Waals surface area contributed by atoms with Gasteiger partial charge in [-0.2, -0.15) is 0 Å². The van der Waals surface area contributed by atoms with Crippen LogP contribution in [-0.2, 0) is 0 Å². The van der Waals surface area contributed by atoms with E-state index in [4.69, 9.17) is 10.1 Å². The van der Waals surface area contributed by atoms with Gasteiger partial charge in [0.2, 0.25) is 0 Å². The second-order valence-electron chi connectivity index (χ2n) is 3.87. The highest BCUT2D eigenvalue weighted by atomic mass is 79.9. The molecule has 3 nitrogen and oxygen atoms in total. The zero-order chi connectivity index (χ0) is 11.5. The number of methoxy groups -OCH3 is 1. The van der Waals surface area contributed by atoms with Crippen molar-refractivity contribution in [2.24, 2.45) is 0 Å². The van der Waals surface area contributed by atoms with Crippen LogP contribution in [0.15, 0.2) is 22.7 Å². The number of piperidine rings is 1. The topological polar surface area (TPSA) is 36.3 Å². The van der Waals surface area contributed by atoms with Crippen molar-refractivity contribution in [3.8, 4) is 5.75 Å². The SMILES string of the molecule is COc1ccc(N2CCCCC2=N)cc1Br. The normalized spacial score (nSPS) is 16.4. The fourth-order valence-corrected chi connectivity index (χ4v) is 2.47. The Kier molecular flexibility index (Phi) is 3.49. The Morgan fingerprint density at radius 2 is 2.19 bits per heavy atom. The lowest BCUT2D eigenvalue weighted by Gasteiger charge is -2.29. The molecule has 0 aliphatic carbocycles. The Bertz CT molecular complexity index is 406. The van der Waals surface area contributed by atoms with Crippen molar-refractivity contribution < 1.29 is 4.74 Å². The van der Waals surface area contributed by atoms with Gasteiger partial charge in [0.15, 0.2) is 0 Å². The summed E-state index contributed by atoms with van der Waals surface area (Å²) in [5.41, 5.74) is 1.07. The van der Waals surface area contributed by atoms with Crippen molar-refractivity contribution in [2.75, 3.05) is 18.6 Å². The monoisotopic (exact) mass is 282 g/mol. The molecule has 0 atom stereocenters. The van der Waals surface area contributed by atoms with Gasteiger partial charge >= 0.3 is 0 Å². The summed E-state index contributed by atoms with van der Waals surface area (Å²) in [4.78, 5) is 2.06. The molecular weight excluding hydrogens is 268 g/mol. The summed E-state index contributed by atoms with van der Waals surface area (Å²) in [6, 6.07) is 5.95. The Labute approximate surface area is 104 Å². The number of halogens is 1. The van der Waals surface area contributed by atoms with Crippen LogP contribution in [0.25, 0.3) is 0 Å². The average molecular weight is 283 g/mol. The number of ether oxygens (including phenoxy) is 1. The molecule has 0 bridgehead atoms. The minimum Gasteiger partial charge on any atom is -0.496 e. The summed E-state index contributed by atoms with van der Waals surface area (Å²) < 4.78 is 6.13. The zero-order valence-corrected chi connectivity index (χ0v) is 10.9. The highest BCUT2D eigenvalue weighted by molar-refractivity contribution is 9.10. The maximum Gasteiger partial charge on any atom is 0.133 e. The van der Waals surface area contributed by atoms with Gasteiger partial charge in [-0.3, -0.25) is 5.41 Å². The number of amidine groups is 1. The molecule has 1 aliphatic heterocycles. The third kappa shape index (κ3) is 2.21. The van der Waals surface area contributed by atoms with E-state index in [1.54, 1.807) is 7.11 Å². The van der Waals surface area contributed by atoms with Gasteiger partial charge in [-0.25, -0.2) is 0 Å². The van der Waals surface area contributed by atoms with Gasteiger partial charge in [0.05, 0.1) is 11.6 Å². The Morgan fingerprint density at radius 1 is 1.38 bits per heavy atom. The fourth-order valence-electron chi connectivity index (χ4n) is 1.94. The quantitative estimate of drug-likeness (QED) is 0.902. The van der Waals surface area contributed by atoms with Crippen LogP contribution in [0.4, 0.5) is 5.69 Å². The smallest absolute Gasteiger partial charge is 0.133 e. The van der Waals surface area contributed by atoms with Crippen molar-refractivity contribution in [3.63, 3.8) is 0 Å². The predicted octanol–water partition coefficient (Wildman–Crippen LogP) is 3.43. The second kappa shape index (κ2) is 4.87. The van der Waals surface area contributed by atoms with Crippen LogP contribution in [0.3, 0.4) is 0 Å². The minimum absolute atomic E-state index is 0.711. The van der Waals surface area contributed by atoms with E-state index in [-0.39, 0.29) is 0 Å². The van der Waals surface area contributed by atoms with E-state index in [0.717, 1.165) is 41.7 Å². The summed E-state index contributed by atoms with van der Waals surface area (Å²) >= 11 is 3.47. The minimum atomic E-state index is 0.711. The van der Waals surface area contributed by atoms with E-state index in [2.05, 4.69) is 20.8 Å². The summed E-state index contributed by atoms with van der Waals surface area (Å²) in [6.07, 6.45) is 3.17. The predicted molar refractivity (Wildman–Crippen MR) is 69.6 cm³/mol. The summed E-state index contributed by atoms with van der Waals surface area (Å²) in [5.74, 6) is 1.54. The largest absolute Gasteiger partial charge is 0.496 e. The van der Waals surface area contributed by atoms with Crippen LogP contribution >= 0.6 is 15.9 Å². The molecule has 1 saturated heterocycles. The van der Waals surface area contributed by atoms with Crippen LogP contribution < -0.4 is 9.64 Å². The average Bonchev–Trinajstić information content (AvgIpc) is 2.29. The number of nitrogens with one attached hydrogen (secondary N) is 1. The molecule has 0 spiro atoms. The number of hydrogen-bond donors (Lipinski definition) is 1. The molecule has 2 rings (SSSR count). The molecule has 1 aliphatic rings. The summed E-state index contributed by atoms with van der Waals surface area (Å²) in [5, 5.41) is 7.93. The van der Waals surface area contributed by atoms with Crippen LogP contribution in [0.2, 0.25) is 0 Å². The number of rotatable bonds is 2. The molecule has 4 heteroatoms. The van der Waals surface area contributed by atoms with E-state index in [9.17, 15) is 0 Å². The third-order valence-electron chi connectivity index (χ3n) is 2.82. The molecule has 1 heterocycles. The highest BCUT2D eigenvalue weighted by Crippen LogP contribution is 2.31. The Balaban J connectivity index is 2.26. The highest BCUT2D eigenvalue weighted by Gasteiger charge is 2.17. The molecule has 1 aromatic rings. The van der Waals surface area contributed by atoms with Gasteiger partial charge in [-0.05, 0) is 47.0 Å². The van der Waals surface area contributed by atoms with E-state index in [0.29, 0.717) is 5.84 Å². The van der Waals surface area contributed by atoms with Crippen LogP contribution in [0.5, 0.6) is 5.75 Å². The standard InChI is InChI=1S/C12H15BrN2O/c1-16-11-6-5-9(8-10(11)13)15-7-3-2-4-12(15)14/h5-6,8,14H,2-4,7H2,1H3. The van der Waals surface area contributed by atoms with Crippen LogP contribution in [0, 0.1) is 5.41 Å². The van der Waals surface area contributed by atoms with Gasteiger partial charge in [-0.15, -0.1) is 0 Å². The van der Waals surface area contributed by atoms with E-state index >= 15 is 0 Å². The number of benzene rings is 1. The molecule has 0 saturated carbocycles. The number of nitrogens with zero attached hydrogens (tertiary/aromatic N) is 1. The van der Waals surface area contributed by atoms with E-state index < -0.39 is 0 Å². The molecule has 86 valence electrons.